The van der Waals surface area contributed by atoms with Crippen LogP contribution in [0.5, 0.6) is 0 Å². The molecule has 20 heavy (non-hydrogen) atoms. The van der Waals surface area contributed by atoms with Crippen LogP contribution >= 0.6 is 0 Å². The third-order valence-electron chi connectivity index (χ3n) is 3.50. The summed E-state index contributed by atoms with van der Waals surface area (Å²) in [5.74, 6) is -0.838. The Hall–Kier alpha value is -1.38. The number of hydrogen-bond acceptors (Lipinski definition) is 4. The second-order valence-corrected chi connectivity index (χ2v) is 7.41. The number of β-amino-alcohol motifs (C(OH)–C–C–N with tert-alkyl or cyclic N) is 1. The van der Waals surface area contributed by atoms with Gasteiger partial charge in [0.05, 0.1) is 11.9 Å². The number of aromatic amines is 1. The Labute approximate surface area is 118 Å². The number of hydrogen-bond donors (Lipinski definition) is 2. The number of nitrogens with one attached hydrogen (secondary N) is 1. The monoisotopic (exact) mass is 301 g/mol. The van der Waals surface area contributed by atoms with Crippen LogP contribution in [-0.4, -0.2) is 72.7 Å². The molecule has 0 aliphatic carbocycles. The summed E-state index contributed by atoms with van der Waals surface area (Å²) in [5.41, 5.74) is 0.438. The molecular weight excluding hydrogens is 282 g/mol. The molecule has 0 bridgehead atoms. The molecule has 1 aromatic rings. The average molecular weight is 301 g/mol. The number of aliphatic hydroxyl groups excluding tert-OH is 1. The predicted octanol–water partition coefficient (Wildman–Crippen LogP) is -0.661. The summed E-state index contributed by atoms with van der Waals surface area (Å²) in [4.78, 5) is 16.4. The van der Waals surface area contributed by atoms with Gasteiger partial charge in [0, 0.05) is 39.3 Å². The number of aliphatic hydroxyl groups is 1. The standard InChI is InChI=1S/C12H19N3O4S/c1-14(2)20(18,19)8-9-6-15(7-11(9)16)12(17)10-4-3-5-13-10/h3-5,9,11,13,16H,6-8H2,1-2H3/t9-,11-/m0/s1. The number of amides is 1. The quantitative estimate of drug-likeness (QED) is 0.772. The SMILES string of the molecule is CN(C)S(=O)(=O)C[C@@H]1CN(C(=O)c2ccc[nH]2)C[C@@H]1O. The van der Waals surface area contributed by atoms with Crippen LogP contribution in [0.3, 0.4) is 0 Å². The Balaban J connectivity index is 2.04. The van der Waals surface area contributed by atoms with Crippen molar-refractivity contribution in [2.75, 3.05) is 32.9 Å². The van der Waals surface area contributed by atoms with E-state index in [1.54, 1.807) is 18.3 Å². The van der Waals surface area contributed by atoms with E-state index in [4.69, 9.17) is 0 Å². The molecule has 7 nitrogen and oxygen atoms in total. The first-order chi connectivity index (χ1) is 9.31. The van der Waals surface area contributed by atoms with Crippen LogP contribution in [0, 0.1) is 5.92 Å². The van der Waals surface area contributed by atoms with Crippen molar-refractivity contribution in [1.29, 1.82) is 0 Å². The molecule has 0 spiro atoms. The largest absolute Gasteiger partial charge is 0.391 e. The van der Waals surface area contributed by atoms with Gasteiger partial charge in [0.15, 0.2) is 0 Å². The lowest BCUT2D eigenvalue weighted by molar-refractivity contribution is 0.0759. The summed E-state index contributed by atoms with van der Waals surface area (Å²) in [6.07, 6.45) is 0.830. The highest BCUT2D eigenvalue weighted by molar-refractivity contribution is 7.89. The fourth-order valence-electron chi connectivity index (χ4n) is 2.24. The molecule has 1 aliphatic rings. The molecule has 0 unspecified atom stereocenters. The van der Waals surface area contributed by atoms with Crippen LogP contribution in [0.4, 0.5) is 0 Å². The predicted molar refractivity (Wildman–Crippen MR) is 73.7 cm³/mol. The smallest absolute Gasteiger partial charge is 0.270 e. The Kier molecular flexibility index (Phi) is 4.17. The number of aromatic nitrogens is 1. The molecule has 0 saturated carbocycles. The maximum absolute atomic E-state index is 12.1. The van der Waals surface area contributed by atoms with E-state index in [9.17, 15) is 18.3 Å². The van der Waals surface area contributed by atoms with E-state index in [1.165, 1.54) is 19.0 Å². The zero-order chi connectivity index (χ0) is 14.9. The molecular formula is C12H19N3O4S. The Morgan fingerprint density at radius 3 is 2.75 bits per heavy atom. The molecule has 2 rings (SSSR count). The minimum atomic E-state index is -3.39. The van der Waals surface area contributed by atoms with E-state index < -0.39 is 22.0 Å². The first-order valence-electron chi connectivity index (χ1n) is 6.32. The maximum atomic E-state index is 12.1. The van der Waals surface area contributed by atoms with Gasteiger partial charge in [-0.15, -0.1) is 0 Å². The lowest BCUT2D eigenvalue weighted by Gasteiger charge is -2.17. The van der Waals surface area contributed by atoms with Crippen molar-refractivity contribution in [3.05, 3.63) is 24.0 Å². The van der Waals surface area contributed by atoms with Gasteiger partial charge in [0.2, 0.25) is 10.0 Å². The lowest BCUT2D eigenvalue weighted by Crippen LogP contribution is -2.33. The van der Waals surface area contributed by atoms with Gasteiger partial charge in [0.25, 0.3) is 5.91 Å². The Bertz CT molecular complexity index is 568. The van der Waals surface area contributed by atoms with Gasteiger partial charge in [-0.2, -0.15) is 0 Å². The van der Waals surface area contributed by atoms with Crippen molar-refractivity contribution in [3.8, 4) is 0 Å². The topological polar surface area (TPSA) is 93.7 Å². The van der Waals surface area contributed by atoms with Crippen molar-refractivity contribution in [2.24, 2.45) is 5.92 Å². The molecule has 0 radical (unpaired) electrons. The summed E-state index contributed by atoms with van der Waals surface area (Å²) < 4.78 is 24.8. The first kappa shape index (κ1) is 15.0. The fourth-order valence-corrected chi connectivity index (χ4v) is 3.40. The van der Waals surface area contributed by atoms with Crippen molar-refractivity contribution in [3.63, 3.8) is 0 Å². The molecule has 0 aromatic carbocycles. The zero-order valence-electron chi connectivity index (χ0n) is 11.5. The van der Waals surface area contributed by atoms with Crippen LogP contribution in [0.2, 0.25) is 0 Å². The minimum absolute atomic E-state index is 0.157. The Morgan fingerprint density at radius 1 is 1.50 bits per heavy atom. The van der Waals surface area contributed by atoms with Gasteiger partial charge in [-0.05, 0) is 12.1 Å². The number of rotatable bonds is 4. The van der Waals surface area contributed by atoms with Crippen LogP contribution in [0.15, 0.2) is 18.3 Å². The van der Waals surface area contributed by atoms with Crippen LogP contribution in [-0.2, 0) is 10.0 Å². The lowest BCUT2D eigenvalue weighted by atomic mass is 10.1. The summed E-state index contributed by atoms with van der Waals surface area (Å²) >= 11 is 0. The molecule has 2 N–H and O–H groups in total. The molecule has 112 valence electrons. The molecule has 1 saturated heterocycles. The molecule has 8 heteroatoms. The third-order valence-corrected chi connectivity index (χ3v) is 5.47. The average Bonchev–Trinajstić information content (AvgIpc) is 2.98. The fraction of sp³-hybridized carbons (Fsp3) is 0.583. The summed E-state index contributed by atoms with van der Waals surface area (Å²) in [7, 11) is -0.476. The molecule has 1 aromatic heterocycles. The second-order valence-electron chi connectivity index (χ2n) is 5.18. The molecule has 1 amide bonds. The van der Waals surface area contributed by atoms with E-state index in [1.807, 2.05) is 0 Å². The normalized spacial score (nSPS) is 23.5. The van der Waals surface area contributed by atoms with E-state index in [-0.39, 0.29) is 24.7 Å². The van der Waals surface area contributed by atoms with Gasteiger partial charge in [-0.3, -0.25) is 4.79 Å². The highest BCUT2D eigenvalue weighted by atomic mass is 32.2. The highest BCUT2D eigenvalue weighted by Gasteiger charge is 2.37. The Morgan fingerprint density at radius 2 is 2.20 bits per heavy atom. The van der Waals surface area contributed by atoms with Crippen LogP contribution < -0.4 is 0 Å². The number of nitrogens with zero attached hydrogens (tertiary/aromatic N) is 2. The number of sulfonamides is 1. The first-order valence-corrected chi connectivity index (χ1v) is 7.93. The summed E-state index contributed by atoms with van der Waals surface area (Å²) in [6.45, 7) is 0.400. The van der Waals surface area contributed by atoms with E-state index in [2.05, 4.69) is 4.98 Å². The van der Waals surface area contributed by atoms with Gasteiger partial charge >= 0.3 is 0 Å². The van der Waals surface area contributed by atoms with E-state index in [0.29, 0.717) is 5.69 Å². The summed E-state index contributed by atoms with van der Waals surface area (Å²) in [6, 6.07) is 3.37. The molecule has 2 heterocycles. The highest BCUT2D eigenvalue weighted by Crippen LogP contribution is 2.21. The van der Waals surface area contributed by atoms with Crippen molar-refractivity contribution >= 4 is 15.9 Å². The number of H-pyrrole nitrogens is 1. The van der Waals surface area contributed by atoms with Gasteiger partial charge in [-0.25, -0.2) is 12.7 Å². The van der Waals surface area contributed by atoms with E-state index in [0.717, 1.165) is 4.31 Å². The van der Waals surface area contributed by atoms with Crippen molar-refractivity contribution in [2.45, 2.75) is 6.10 Å². The van der Waals surface area contributed by atoms with Gasteiger partial charge in [-0.1, -0.05) is 0 Å². The number of likely N-dealkylation sites (tertiary alicyclic amines) is 1. The number of carbonyl (C=O) groups excluding carboxylic acids is 1. The maximum Gasteiger partial charge on any atom is 0.270 e. The van der Waals surface area contributed by atoms with Crippen LogP contribution in [0.25, 0.3) is 0 Å². The van der Waals surface area contributed by atoms with Crippen molar-refractivity contribution < 1.29 is 18.3 Å². The molecule has 2 atom stereocenters. The van der Waals surface area contributed by atoms with Crippen molar-refractivity contribution in [1.82, 2.24) is 14.2 Å². The third kappa shape index (κ3) is 3.02. The molecule has 1 fully saturated rings. The zero-order valence-corrected chi connectivity index (χ0v) is 12.3. The second kappa shape index (κ2) is 5.55. The van der Waals surface area contributed by atoms with Gasteiger partial charge < -0.3 is 15.0 Å². The van der Waals surface area contributed by atoms with E-state index >= 15 is 0 Å². The van der Waals surface area contributed by atoms with Crippen LogP contribution in [0.1, 0.15) is 10.5 Å². The molecule has 1 aliphatic heterocycles. The van der Waals surface area contributed by atoms with Gasteiger partial charge in [0.1, 0.15) is 5.69 Å². The summed E-state index contributed by atoms with van der Waals surface area (Å²) in [5, 5.41) is 9.96. The minimum Gasteiger partial charge on any atom is -0.391 e. The number of carbonyl (C=O) groups is 1.